The van der Waals surface area contributed by atoms with Crippen molar-refractivity contribution in [3.8, 4) is 0 Å². The third-order valence-electron chi connectivity index (χ3n) is 1.81. The summed E-state index contributed by atoms with van der Waals surface area (Å²) in [5.74, 6) is 0.932. The van der Waals surface area contributed by atoms with Gasteiger partial charge < -0.3 is 0 Å². The third-order valence-corrected chi connectivity index (χ3v) is 3.45. The first kappa shape index (κ1) is 13.3. The Kier molecular flexibility index (Phi) is 8.62. The fraction of sp³-hybridized carbons (Fsp3) is 0.857. The largest absolute Gasteiger partial charge is 0.147 e. The molecule has 1 aliphatic rings. The van der Waals surface area contributed by atoms with E-state index < -0.39 is 0 Å². The predicted octanol–water partition coefficient (Wildman–Crippen LogP) is 3.40. The van der Waals surface area contributed by atoms with E-state index in [-0.39, 0.29) is 24.8 Å². The van der Waals surface area contributed by atoms with E-state index in [2.05, 4.69) is 13.8 Å². The summed E-state index contributed by atoms with van der Waals surface area (Å²) in [6.07, 6.45) is 4.16. The molecule has 62 valence electrons. The number of halogens is 2. The molecule has 1 aliphatic heterocycles. The zero-order valence-electron chi connectivity index (χ0n) is 6.46. The molecule has 1 rings (SSSR count). The Morgan fingerprint density at radius 3 is 2.30 bits per heavy atom. The van der Waals surface area contributed by atoms with E-state index in [0.717, 1.165) is 5.92 Å². The van der Waals surface area contributed by atoms with Gasteiger partial charge in [0.25, 0.3) is 0 Å². The lowest BCUT2D eigenvalue weighted by molar-refractivity contribution is 0.757. The van der Waals surface area contributed by atoms with Gasteiger partial charge in [-0.1, -0.05) is 13.8 Å². The van der Waals surface area contributed by atoms with Crippen LogP contribution in [0.3, 0.4) is 0 Å². The molecule has 0 aliphatic carbocycles. The molecule has 0 aromatic carbocycles. The highest BCUT2D eigenvalue weighted by molar-refractivity contribution is 7.41. The smallest absolute Gasteiger partial charge is 0.0101 e. The van der Waals surface area contributed by atoms with Crippen LogP contribution < -0.4 is 0 Å². The highest BCUT2D eigenvalue weighted by Gasteiger charge is 2.11. The van der Waals surface area contributed by atoms with Crippen molar-refractivity contribution in [1.29, 1.82) is 0 Å². The molecule has 3 heteroatoms. The van der Waals surface area contributed by atoms with Gasteiger partial charge in [0.1, 0.15) is 0 Å². The standard InChI is InChI=1S/C7H13P.2ClH/c1-3-7-6(2)4-5-8-7;;/h6H,3-5H2,1-2H3;2*1H. The number of hydrogen-bond donors (Lipinski definition) is 0. The molecule has 0 radical (unpaired) electrons. The summed E-state index contributed by atoms with van der Waals surface area (Å²) in [7, 11) is 1.63. The zero-order valence-corrected chi connectivity index (χ0v) is 8.99. The van der Waals surface area contributed by atoms with Gasteiger partial charge in [-0.2, -0.15) is 0 Å². The van der Waals surface area contributed by atoms with Gasteiger partial charge in [0.2, 0.25) is 0 Å². The summed E-state index contributed by atoms with van der Waals surface area (Å²) < 4.78 is 0. The highest BCUT2D eigenvalue weighted by atomic mass is 35.5. The average molecular weight is 201 g/mol. The maximum absolute atomic E-state index is 2.35. The van der Waals surface area contributed by atoms with Crippen LogP contribution in [0.4, 0.5) is 0 Å². The molecule has 0 aromatic rings. The Bertz CT molecular complexity index is 112. The molecule has 0 saturated heterocycles. The second kappa shape index (κ2) is 6.46. The molecule has 0 saturated carbocycles. The maximum atomic E-state index is 2.35. The summed E-state index contributed by atoms with van der Waals surface area (Å²) in [6, 6.07) is 0. The van der Waals surface area contributed by atoms with Crippen molar-refractivity contribution in [2.24, 2.45) is 5.92 Å². The Hall–Kier alpha value is 0.750. The Labute approximate surface area is 77.4 Å². The summed E-state index contributed by atoms with van der Waals surface area (Å²) in [6.45, 7) is 4.61. The maximum Gasteiger partial charge on any atom is -0.0101 e. The topological polar surface area (TPSA) is 0 Å². The predicted molar refractivity (Wildman–Crippen MR) is 55.4 cm³/mol. The fourth-order valence-corrected chi connectivity index (χ4v) is 2.65. The lowest BCUT2D eigenvalue weighted by Crippen LogP contribution is -2.01. The van der Waals surface area contributed by atoms with E-state index in [1.807, 2.05) is 0 Å². The number of rotatable bonds is 1. The van der Waals surface area contributed by atoms with Crippen LogP contribution in [0, 0.1) is 5.92 Å². The summed E-state index contributed by atoms with van der Waals surface area (Å²) in [5.41, 5.74) is 0. The van der Waals surface area contributed by atoms with Crippen LogP contribution in [0.2, 0.25) is 0 Å². The van der Waals surface area contributed by atoms with Gasteiger partial charge in [-0.15, -0.1) is 33.0 Å². The van der Waals surface area contributed by atoms with Gasteiger partial charge in [-0.25, -0.2) is 0 Å². The minimum absolute atomic E-state index is 0. The molecule has 0 nitrogen and oxygen atoms in total. The van der Waals surface area contributed by atoms with E-state index >= 15 is 0 Å². The van der Waals surface area contributed by atoms with Crippen molar-refractivity contribution in [3.05, 3.63) is 0 Å². The fourth-order valence-electron chi connectivity index (χ4n) is 1.18. The minimum atomic E-state index is 0. The van der Waals surface area contributed by atoms with Crippen LogP contribution in [0.1, 0.15) is 26.7 Å². The SMILES string of the molecule is CCC1=PCCC1C.Cl.Cl. The van der Waals surface area contributed by atoms with Gasteiger partial charge in [-0.05, 0) is 30.2 Å². The molecule has 0 aromatic heterocycles. The Balaban J connectivity index is 0. The molecular formula is C7H15Cl2P. The third kappa shape index (κ3) is 3.23. The van der Waals surface area contributed by atoms with E-state index in [9.17, 15) is 0 Å². The Morgan fingerprint density at radius 2 is 2.10 bits per heavy atom. The first-order valence-electron chi connectivity index (χ1n) is 3.37. The van der Waals surface area contributed by atoms with Gasteiger partial charge in [0.15, 0.2) is 0 Å². The van der Waals surface area contributed by atoms with Gasteiger partial charge in [-0.3, -0.25) is 0 Å². The molecule has 0 fully saturated rings. The second-order valence-electron chi connectivity index (χ2n) is 2.42. The van der Waals surface area contributed by atoms with Crippen molar-refractivity contribution in [2.45, 2.75) is 26.7 Å². The van der Waals surface area contributed by atoms with Gasteiger partial charge >= 0.3 is 0 Å². The van der Waals surface area contributed by atoms with Crippen molar-refractivity contribution in [3.63, 3.8) is 0 Å². The first-order chi connectivity index (χ1) is 3.84. The highest BCUT2D eigenvalue weighted by Crippen LogP contribution is 2.24. The average Bonchev–Trinajstić information content (AvgIpc) is 2.14. The van der Waals surface area contributed by atoms with Crippen LogP contribution in [0.15, 0.2) is 0 Å². The van der Waals surface area contributed by atoms with Crippen molar-refractivity contribution >= 4 is 38.3 Å². The van der Waals surface area contributed by atoms with E-state index in [0.29, 0.717) is 0 Å². The quantitative estimate of drug-likeness (QED) is 0.570. The van der Waals surface area contributed by atoms with Crippen molar-refractivity contribution in [1.82, 2.24) is 0 Å². The summed E-state index contributed by atoms with van der Waals surface area (Å²) >= 11 is 0. The van der Waals surface area contributed by atoms with E-state index in [1.54, 1.807) is 13.5 Å². The molecule has 0 bridgehead atoms. The van der Waals surface area contributed by atoms with Crippen LogP contribution in [0.5, 0.6) is 0 Å². The zero-order chi connectivity index (χ0) is 5.98. The molecule has 0 spiro atoms. The van der Waals surface area contributed by atoms with Crippen LogP contribution in [0.25, 0.3) is 0 Å². The number of hydrogen-bond acceptors (Lipinski definition) is 0. The molecule has 0 amide bonds. The lowest BCUT2D eigenvalue weighted by Gasteiger charge is -2.02. The summed E-state index contributed by atoms with van der Waals surface area (Å²) in [4.78, 5) is 0. The molecule has 10 heavy (non-hydrogen) atoms. The second-order valence-corrected chi connectivity index (χ2v) is 3.75. The lowest BCUT2D eigenvalue weighted by atomic mass is 10.0. The van der Waals surface area contributed by atoms with Gasteiger partial charge in [0.05, 0.1) is 0 Å². The first-order valence-corrected chi connectivity index (χ1v) is 4.45. The molecule has 0 N–H and O–H groups in total. The summed E-state index contributed by atoms with van der Waals surface area (Å²) in [5, 5.41) is 1.77. The monoisotopic (exact) mass is 200 g/mol. The Morgan fingerprint density at radius 1 is 1.50 bits per heavy atom. The van der Waals surface area contributed by atoms with Crippen molar-refractivity contribution < 1.29 is 0 Å². The van der Waals surface area contributed by atoms with Crippen LogP contribution >= 0.6 is 33.0 Å². The van der Waals surface area contributed by atoms with Gasteiger partial charge in [0, 0.05) is 0 Å². The van der Waals surface area contributed by atoms with Crippen LogP contribution in [-0.2, 0) is 0 Å². The molecular weight excluding hydrogens is 186 g/mol. The van der Waals surface area contributed by atoms with E-state index in [1.165, 1.54) is 19.0 Å². The van der Waals surface area contributed by atoms with E-state index in [4.69, 9.17) is 0 Å². The molecule has 1 atom stereocenters. The minimum Gasteiger partial charge on any atom is -0.147 e. The molecule has 1 heterocycles. The normalized spacial score (nSPS) is 24.2. The van der Waals surface area contributed by atoms with Crippen molar-refractivity contribution in [2.75, 3.05) is 6.16 Å². The molecule has 1 unspecified atom stereocenters. The van der Waals surface area contributed by atoms with Crippen LogP contribution in [-0.4, -0.2) is 11.5 Å².